The summed E-state index contributed by atoms with van der Waals surface area (Å²) in [7, 11) is 0. The lowest BCUT2D eigenvalue weighted by Gasteiger charge is -2.08. The summed E-state index contributed by atoms with van der Waals surface area (Å²) < 4.78 is 4.82. The molecule has 2 amide bonds. The summed E-state index contributed by atoms with van der Waals surface area (Å²) in [4.78, 5) is 45.8. The largest absolute Gasteiger partial charge is 0.454 e. The fourth-order valence-corrected chi connectivity index (χ4v) is 2.65. The molecule has 0 aliphatic carbocycles. The number of nitrogens with zero attached hydrogens (tertiary/aromatic N) is 1. The quantitative estimate of drug-likeness (QED) is 0.352. The number of hydrogen-bond donors (Lipinski definition) is 2. The number of carbonyl (C=O) groups excluding carboxylic acids is 3. The number of ether oxygens (including phenoxy) is 1. The first-order chi connectivity index (χ1) is 14.4. The fourth-order valence-electron chi connectivity index (χ4n) is 2.65. The second-order valence-electron chi connectivity index (χ2n) is 6.26. The topological polar surface area (TPSA) is 128 Å². The number of amides is 2. The zero-order valence-electron chi connectivity index (χ0n) is 15.7. The summed E-state index contributed by atoms with van der Waals surface area (Å²) in [6.45, 7) is -0.946. The molecular weight excluding hydrogens is 390 g/mol. The van der Waals surface area contributed by atoms with Crippen molar-refractivity contribution in [3.05, 3.63) is 82.4 Å². The zero-order chi connectivity index (χ0) is 21.5. The van der Waals surface area contributed by atoms with Crippen molar-refractivity contribution in [2.45, 2.75) is 0 Å². The van der Waals surface area contributed by atoms with Crippen LogP contribution in [0, 0.1) is 10.1 Å². The predicted octanol–water partition coefficient (Wildman–Crippen LogP) is 2.66. The summed E-state index contributed by atoms with van der Waals surface area (Å²) in [5, 5.41) is 17.4. The molecule has 2 N–H and O–H groups in total. The van der Waals surface area contributed by atoms with E-state index in [4.69, 9.17) is 4.74 Å². The van der Waals surface area contributed by atoms with Crippen LogP contribution >= 0.6 is 0 Å². The minimum absolute atomic E-state index is 0.110. The van der Waals surface area contributed by atoms with Gasteiger partial charge in [0.25, 0.3) is 17.5 Å². The van der Waals surface area contributed by atoms with Gasteiger partial charge in [0.15, 0.2) is 6.61 Å². The predicted molar refractivity (Wildman–Crippen MR) is 109 cm³/mol. The molecule has 9 heteroatoms. The van der Waals surface area contributed by atoms with E-state index < -0.39 is 35.9 Å². The van der Waals surface area contributed by atoms with Gasteiger partial charge in [0.2, 0.25) is 0 Å². The second-order valence-corrected chi connectivity index (χ2v) is 6.26. The van der Waals surface area contributed by atoms with Gasteiger partial charge < -0.3 is 15.4 Å². The first kappa shape index (κ1) is 20.5. The molecule has 3 aromatic rings. The molecule has 152 valence electrons. The average molecular weight is 407 g/mol. The van der Waals surface area contributed by atoms with Crippen LogP contribution in [0.15, 0.2) is 66.7 Å². The van der Waals surface area contributed by atoms with Crippen LogP contribution in [0.25, 0.3) is 10.8 Å². The van der Waals surface area contributed by atoms with Gasteiger partial charge in [-0.05, 0) is 35.0 Å². The third-order valence-corrected chi connectivity index (χ3v) is 4.13. The standard InChI is InChI=1S/C21H17N3O6/c25-19(23-17-7-9-18(10-8-17)24(28)29)13-30-20(26)12-22-21(27)16-6-5-14-3-1-2-4-15(14)11-16/h1-11H,12-13H2,(H,22,27)(H,23,25). The van der Waals surface area contributed by atoms with E-state index in [2.05, 4.69) is 10.6 Å². The van der Waals surface area contributed by atoms with Gasteiger partial charge in [-0.3, -0.25) is 24.5 Å². The van der Waals surface area contributed by atoms with Gasteiger partial charge in [-0.1, -0.05) is 30.3 Å². The lowest BCUT2D eigenvalue weighted by atomic mass is 10.1. The molecule has 30 heavy (non-hydrogen) atoms. The van der Waals surface area contributed by atoms with Gasteiger partial charge in [0, 0.05) is 23.4 Å². The van der Waals surface area contributed by atoms with Crippen molar-refractivity contribution in [1.29, 1.82) is 0 Å². The number of hydrogen-bond acceptors (Lipinski definition) is 6. The third-order valence-electron chi connectivity index (χ3n) is 4.13. The van der Waals surface area contributed by atoms with Crippen molar-refractivity contribution in [3.8, 4) is 0 Å². The molecule has 9 nitrogen and oxygen atoms in total. The zero-order valence-corrected chi connectivity index (χ0v) is 15.7. The Morgan fingerprint density at radius 1 is 0.933 bits per heavy atom. The molecule has 0 saturated carbocycles. The highest BCUT2D eigenvalue weighted by molar-refractivity contribution is 6.00. The van der Waals surface area contributed by atoms with E-state index in [1.807, 2.05) is 30.3 Å². The van der Waals surface area contributed by atoms with Crippen LogP contribution in [0.1, 0.15) is 10.4 Å². The molecule has 0 bridgehead atoms. The van der Waals surface area contributed by atoms with Crippen molar-refractivity contribution < 1.29 is 24.0 Å². The molecule has 0 heterocycles. The van der Waals surface area contributed by atoms with Gasteiger partial charge in [-0.25, -0.2) is 0 Å². The average Bonchev–Trinajstić information content (AvgIpc) is 2.76. The van der Waals surface area contributed by atoms with Crippen molar-refractivity contribution >= 4 is 39.9 Å². The maximum absolute atomic E-state index is 12.2. The van der Waals surface area contributed by atoms with Crippen molar-refractivity contribution in [3.63, 3.8) is 0 Å². The Morgan fingerprint density at radius 3 is 2.33 bits per heavy atom. The Kier molecular flexibility index (Phi) is 6.33. The monoisotopic (exact) mass is 407 g/mol. The van der Waals surface area contributed by atoms with Crippen LogP contribution in [-0.4, -0.2) is 35.9 Å². The van der Waals surface area contributed by atoms with E-state index in [9.17, 15) is 24.5 Å². The van der Waals surface area contributed by atoms with E-state index in [1.165, 1.54) is 24.3 Å². The van der Waals surface area contributed by atoms with Crippen LogP contribution < -0.4 is 10.6 Å². The maximum atomic E-state index is 12.2. The van der Waals surface area contributed by atoms with E-state index in [0.29, 0.717) is 11.3 Å². The summed E-state index contributed by atoms with van der Waals surface area (Å²) in [6.07, 6.45) is 0. The van der Waals surface area contributed by atoms with Gasteiger partial charge >= 0.3 is 5.97 Å². The van der Waals surface area contributed by atoms with Crippen LogP contribution in [0.3, 0.4) is 0 Å². The molecule has 0 saturated heterocycles. The Morgan fingerprint density at radius 2 is 1.63 bits per heavy atom. The van der Waals surface area contributed by atoms with Gasteiger partial charge in [-0.15, -0.1) is 0 Å². The third kappa shape index (κ3) is 5.38. The highest BCUT2D eigenvalue weighted by Crippen LogP contribution is 2.16. The Labute approximate surface area is 170 Å². The van der Waals surface area contributed by atoms with E-state index >= 15 is 0 Å². The summed E-state index contributed by atoms with van der Waals surface area (Å²) in [6, 6.07) is 18.0. The van der Waals surface area contributed by atoms with E-state index in [0.717, 1.165) is 10.8 Å². The number of nitrogens with one attached hydrogen (secondary N) is 2. The maximum Gasteiger partial charge on any atom is 0.325 e. The number of carbonyl (C=O) groups is 3. The lowest BCUT2D eigenvalue weighted by molar-refractivity contribution is -0.384. The molecule has 0 fully saturated rings. The van der Waals surface area contributed by atoms with E-state index in [1.54, 1.807) is 12.1 Å². The summed E-state index contributed by atoms with van der Waals surface area (Å²) in [5.74, 6) is -1.82. The fraction of sp³-hybridized carbons (Fsp3) is 0.0952. The minimum Gasteiger partial charge on any atom is -0.454 e. The number of esters is 1. The van der Waals surface area contributed by atoms with E-state index in [-0.39, 0.29) is 5.69 Å². The number of benzene rings is 3. The molecule has 0 radical (unpaired) electrons. The SMILES string of the molecule is O=C(COC(=O)CNC(=O)c1ccc2ccccc2c1)Nc1ccc([N+](=O)[O-])cc1. The normalized spacial score (nSPS) is 10.3. The Hall–Kier alpha value is -4.27. The van der Waals surface area contributed by atoms with Crippen LogP contribution in [0.4, 0.5) is 11.4 Å². The highest BCUT2D eigenvalue weighted by atomic mass is 16.6. The number of non-ortho nitro benzene ring substituents is 1. The first-order valence-corrected chi connectivity index (χ1v) is 8.89. The molecular formula is C21H17N3O6. The van der Waals surface area contributed by atoms with Gasteiger partial charge in [0.05, 0.1) is 4.92 Å². The Balaban J connectivity index is 1.44. The van der Waals surface area contributed by atoms with Crippen molar-refractivity contribution in [2.75, 3.05) is 18.5 Å². The molecule has 3 rings (SSSR count). The van der Waals surface area contributed by atoms with Gasteiger partial charge in [-0.2, -0.15) is 0 Å². The molecule has 0 atom stereocenters. The number of fused-ring (bicyclic) bond motifs is 1. The molecule has 0 aliphatic rings. The smallest absolute Gasteiger partial charge is 0.325 e. The van der Waals surface area contributed by atoms with Crippen molar-refractivity contribution in [1.82, 2.24) is 5.32 Å². The van der Waals surface area contributed by atoms with Crippen LogP contribution in [0.2, 0.25) is 0 Å². The van der Waals surface area contributed by atoms with Crippen molar-refractivity contribution in [2.24, 2.45) is 0 Å². The molecule has 0 unspecified atom stereocenters. The molecule has 0 spiro atoms. The number of nitro benzene ring substituents is 1. The summed E-state index contributed by atoms with van der Waals surface area (Å²) in [5.41, 5.74) is 0.616. The molecule has 3 aromatic carbocycles. The minimum atomic E-state index is -0.775. The number of anilines is 1. The molecule has 0 aromatic heterocycles. The highest BCUT2D eigenvalue weighted by Gasteiger charge is 2.12. The number of rotatable bonds is 7. The number of nitro groups is 1. The first-order valence-electron chi connectivity index (χ1n) is 8.89. The Bertz CT molecular complexity index is 1110. The van der Waals surface area contributed by atoms with Gasteiger partial charge in [0.1, 0.15) is 6.54 Å². The summed E-state index contributed by atoms with van der Waals surface area (Å²) >= 11 is 0. The van der Waals surface area contributed by atoms with Crippen LogP contribution in [-0.2, 0) is 14.3 Å². The molecule has 0 aliphatic heterocycles. The second kappa shape index (κ2) is 9.28. The van der Waals surface area contributed by atoms with Crippen LogP contribution in [0.5, 0.6) is 0 Å². The lowest BCUT2D eigenvalue weighted by Crippen LogP contribution is -2.32.